The Labute approximate surface area is 117 Å². The number of carbonyl (C=O) groups excluding carboxylic acids is 1. The third kappa shape index (κ3) is 3.08. The zero-order valence-corrected chi connectivity index (χ0v) is 11.6. The van der Waals surface area contributed by atoms with Crippen molar-refractivity contribution in [2.24, 2.45) is 5.73 Å². The molecule has 1 aromatic rings. The average molecular weight is 281 g/mol. The Morgan fingerprint density at radius 3 is 3.10 bits per heavy atom. The molecule has 110 valence electrons. The molecule has 0 aromatic heterocycles. The van der Waals surface area contributed by atoms with Gasteiger partial charge in [-0.1, -0.05) is 13.0 Å². The van der Waals surface area contributed by atoms with Gasteiger partial charge in [0.2, 0.25) is 5.91 Å². The molecule has 1 aromatic carbocycles. The van der Waals surface area contributed by atoms with Crippen LogP contribution in [0.3, 0.4) is 0 Å². The smallest absolute Gasteiger partial charge is 0.242 e. The molecule has 1 unspecified atom stereocenters. The summed E-state index contributed by atoms with van der Waals surface area (Å²) in [6, 6.07) is 4.34. The van der Waals surface area contributed by atoms with Crippen LogP contribution in [-0.2, 0) is 16.1 Å². The van der Waals surface area contributed by atoms with E-state index >= 15 is 0 Å². The second-order valence-corrected chi connectivity index (χ2v) is 4.70. The molecule has 1 aliphatic rings. The minimum absolute atomic E-state index is 0.243. The lowest BCUT2D eigenvalue weighted by atomic mass is 10.1. The maximum absolute atomic E-state index is 14.0. The summed E-state index contributed by atoms with van der Waals surface area (Å²) in [7, 11) is 0. The molecular weight excluding hydrogens is 261 g/mol. The van der Waals surface area contributed by atoms with Gasteiger partial charge < -0.3 is 20.7 Å². The second-order valence-electron chi connectivity index (χ2n) is 4.70. The zero-order chi connectivity index (χ0) is 14.5. The molecule has 0 spiro atoms. The molecule has 0 radical (unpaired) electrons. The van der Waals surface area contributed by atoms with Crippen LogP contribution in [0.1, 0.15) is 12.5 Å². The van der Waals surface area contributed by atoms with Gasteiger partial charge in [0, 0.05) is 24.3 Å². The molecule has 1 aliphatic heterocycles. The first-order valence-electron chi connectivity index (χ1n) is 6.77. The normalized spacial score (nSPS) is 19.1. The molecule has 1 amide bonds. The summed E-state index contributed by atoms with van der Waals surface area (Å²) in [6.45, 7) is 4.39. The average Bonchev–Trinajstić information content (AvgIpc) is 2.45. The maximum atomic E-state index is 14.0. The summed E-state index contributed by atoms with van der Waals surface area (Å²) < 4.78 is 19.3. The van der Waals surface area contributed by atoms with E-state index in [9.17, 15) is 9.18 Å². The number of carbonyl (C=O) groups is 1. The predicted molar refractivity (Wildman–Crippen MR) is 74.9 cm³/mol. The zero-order valence-electron chi connectivity index (χ0n) is 11.6. The van der Waals surface area contributed by atoms with Gasteiger partial charge in [0.25, 0.3) is 0 Å². The van der Waals surface area contributed by atoms with Gasteiger partial charge in [-0.05, 0) is 18.7 Å². The standard InChI is InChI=1S/C14H20FN3O2/c1-2-17-8-10-11(15)4-3-5-12(10)18-6-7-20-9-13(18)14(16)19/h3-5,13,17H,2,6-9H2,1H3,(H2,16,19). The minimum atomic E-state index is -0.550. The van der Waals surface area contributed by atoms with Crippen molar-refractivity contribution in [1.82, 2.24) is 5.32 Å². The topological polar surface area (TPSA) is 67.6 Å². The Bertz CT molecular complexity index is 481. The Morgan fingerprint density at radius 1 is 1.60 bits per heavy atom. The van der Waals surface area contributed by atoms with Crippen LogP contribution in [-0.4, -0.2) is 38.3 Å². The quantitative estimate of drug-likeness (QED) is 0.830. The van der Waals surface area contributed by atoms with Crippen LogP contribution in [0.5, 0.6) is 0 Å². The molecule has 1 heterocycles. The van der Waals surface area contributed by atoms with E-state index in [1.54, 1.807) is 6.07 Å². The number of hydrogen-bond acceptors (Lipinski definition) is 4. The number of halogens is 1. The highest BCUT2D eigenvalue weighted by Crippen LogP contribution is 2.26. The first-order chi connectivity index (χ1) is 9.65. The monoisotopic (exact) mass is 281 g/mol. The van der Waals surface area contributed by atoms with Gasteiger partial charge in [-0.2, -0.15) is 0 Å². The number of rotatable bonds is 5. The molecule has 20 heavy (non-hydrogen) atoms. The van der Waals surface area contributed by atoms with E-state index in [0.29, 0.717) is 30.9 Å². The van der Waals surface area contributed by atoms with E-state index in [4.69, 9.17) is 10.5 Å². The van der Waals surface area contributed by atoms with Crippen LogP contribution in [0.25, 0.3) is 0 Å². The molecule has 6 heteroatoms. The number of primary amides is 1. The van der Waals surface area contributed by atoms with E-state index in [0.717, 1.165) is 6.54 Å². The fraction of sp³-hybridized carbons (Fsp3) is 0.500. The van der Waals surface area contributed by atoms with Gasteiger partial charge >= 0.3 is 0 Å². The second kappa shape index (κ2) is 6.67. The molecule has 0 aliphatic carbocycles. The summed E-state index contributed by atoms with van der Waals surface area (Å²) in [5.41, 5.74) is 6.68. The van der Waals surface area contributed by atoms with E-state index in [2.05, 4.69) is 5.32 Å². The number of nitrogens with one attached hydrogen (secondary N) is 1. The first kappa shape index (κ1) is 14.7. The third-order valence-electron chi connectivity index (χ3n) is 3.41. The highest BCUT2D eigenvalue weighted by molar-refractivity contribution is 5.84. The van der Waals surface area contributed by atoms with Gasteiger partial charge in [-0.3, -0.25) is 4.79 Å². The van der Waals surface area contributed by atoms with Crippen molar-refractivity contribution in [3.8, 4) is 0 Å². The highest BCUT2D eigenvalue weighted by Gasteiger charge is 2.29. The summed E-state index contributed by atoms with van der Waals surface area (Å²) >= 11 is 0. The van der Waals surface area contributed by atoms with Crippen molar-refractivity contribution in [2.45, 2.75) is 19.5 Å². The third-order valence-corrected chi connectivity index (χ3v) is 3.41. The van der Waals surface area contributed by atoms with Gasteiger partial charge in [-0.15, -0.1) is 0 Å². The van der Waals surface area contributed by atoms with Crippen LogP contribution in [0, 0.1) is 5.82 Å². The van der Waals surface area contributed by atoms with Crippen LogP contribution < -0.4 is 16.0 Å². The summed E-state index contributed by atoms with van der Waals surface area (Å²) in [5, 5.41) is 3.11. The molecule has 1 saturated heterocycles. The Hall–Kier alpha value is -1.66. The molecule has 5 nitrogen and oxygen atoms in total. The number of nitrogens with zero attached hydrogens (tertiary/aromatic N) is 1. The molecular formula is C14H20FN3O2. The fourth-order valence-corrected chi connectivity index (χ4v) is 2.37. The van der Waals surface area contributed by atoms with E-state index in [1.165, 1.54) is 6.07 Å². The van der Waals surface area contributed by atoms with Gasteiger partial charge in [-0.25, -0.2) is 4.39 Å². The highest BCUT2D eigenvalue weighted by atomic mass is 19.1. The first-order valence-corrected chi connectivity index (χ1v) is 6.77. The Morgan fingerprint density at radius 2 is 2.40 bits per heavy atom. The Kier molecular flexibility index (Phi) is 4.92. The van der Waals surface area contributed by atoms with Crippen molar-refractivity contribution >= 4 is 11.6 Å². The maximum Gasteiger partial charge on any atom is 0.242 e. The molecule has 0 bridgehead atoms. The Balaban J connectivity index is 2.34. The molecule has 3 N–H and O–H groups in total. The molecule has 1 fully saturated rings. The van der Waals surface area contributed by atoms with Crippen LogP contribution in [0.2, 0.25) is 0 Å². The van der Waals surface area contributed by atoms with Crippen LogP contribution in [0.15, 0.2) is 18.2 Å². The lowest BCUT2D eigenvalue weighted by molar-refractivity contribution is -0.121. The lowest BCUT2D eigenvalue weighted by Crippen LogP contribution is -2.53. The van der Waals surface area contributed by atoms with Crippen molar-refractivity contribution in [3.05, 3.63) is 29.6 Å². The number of nitrogens with two attached hydrogens (primary N) is 1. The van der Waals surface area contributed by atoms with Gasteiger partial charge in [0.15, 0.2) is 0 Å². The van der Waals surface area contributed by atoms with Crippen LogP contribution >= 0.6 is 0 Å². The largest absolute Gasteiger partial charge is 0.377 e. The summed E-state index contributed by atoms with van der Waals surface area (Å²) in [5.74, 6) is -0.735. The molecule has 0 saturated carbocycles. The number of benzene rings is 1. The number of hydrogen-bond donors (Lipinski definition) is 2. The summed E-state index contributed by atoms with van der Waals surface area (Å²) in [6.07, 6.45) is 0. The number of ether oxygens (including phenoxy) is 1. The van der Waals surface area contributed by atoms with Gasteiger partial charge in [0.05, 0.1) is 13.2 Å². The SMILES string of the molecule is CCNCc1c(F)cccc1N1CCOCC1C(N)=O. The van der Waals surface area contributed by atoms with E-state index in [1.807, 2.05) is 17.9 Å². The molecule has 2 rings (SSSR count). The number of morpholine rings is 1. The van der Waals surface area contributed by atoms with E-state index < -0.39 is 11.9 Å². The van der Waals surface area contributed by atoms with Crippen molar-refractivity contribution < 1.29 is 13.9 Å². The lowest BCUT2D eigenvalue weighted by Gasteiger charge is -2.36. The molecule has 1 atom stereocenters. The predicted octanol–water partition coefficient (Wildman–Crippen LogP) is 0.626. The van der Waals surface area contributed by atoms with Crippen molar-refractivity contribution in [2.75, 3.05) is 31.2 Å². The minimum Gasteiger partial charge on any atom is -0.377 e. The number of amides is 1. The van der Waals surface area contributed by atoms with Crippen LogP contribution in [0.4, 0.5) is 10.1 Å². The van der Waals surface area contributed by atoms with Crippen molar-refractivity contribution in [3.63, 3.8) is 0 Å². The fourth-order valence-electron chi connectivity index (χ4n) is 2.37. The summed E-state index contributed by atoms with van der Waals surface area (Å²) in [4.78, 5) is 13.4. The number of anilines is 1. The van der Waals surface area contributed by atoms with E-state index in [-0.39, 0.29) is 12.4 Å². The van der Waals surface area contributed by atoms with Gasteiger partial charge in [0.1, 0.15) is 11.9 Å². The van der Waals surface area contributed by atoms with Crippen molar-refractivity contribution in [1.29, 1.82) is 0 Å².